The van der Waals surface area contributed by atoms with Crippen molar-refractivity contribution in [3.05, 3.63) is 29.8 Å². The highest BCUT2D eigenvalue weighted by Gasteiger charge is 2.40. The van der Waals surface area contributed by atoms with Gasteiger partial charge in [-0.3, -0.25) is 9.36 Å². The van der Waals surface area contributed by atoms with Crippen molar-refractivity contribution in [2.24, 2.45) is 0 Å². The first kappa shape index (κ1) is 15.7. The number of ether oxygens (including phenoxy) is 2. The lowest BCUT2D eigenvalue weighted by Gasteiger charge is -2.25. The van der Waals surface area contributed by atoms with E-state index in [1.54, 1.807) is 24.3 Å². The molecule has 0 heterocycles. The molecule has 0 aromatic heterocycles. The maximum absolute atomic E-state index is 12.5. The summed E-state index contributed by atoms with van der Waals surface area (Å²) >= 11 is 0. The number of carbonyl (C=O) groups excluding carboxylic acids is 1. The number of carbonyl (C=O) groups is 1. The van der Waals surface area contributed by atoms with Crippen LogP contribution in [0.3, 0.4) is 0 Å². The maximum atomic E-state index is 12.5. The molecule has 0 saturated carbocycles. The lowest BCUT2D eigenvalue weighted by molar-refractivity contribution is -0.144. The van der Waals surface area contributed by atoms with Crippen molar-refractivity contribution in [2.75, 3.05) is 21.3 Å². The molecule has 0 fully saturated rings. The molecule has 7 heteroatoms. The van der Waals surface area contributed by atoms with Gasteiger partial charge in [0, 0.05) is 26.7 Å². The summed E-state index contributed by atoms with van der Waals surface area (Å²) in [6.45, 7) is 1.22. The van der Waals surface area contributed by atoms with Crippen LogP contribution < -0.4 is 4.74 Å². The Morgan fingerprint density at radius 3 is 2.21 bits per heavy atom. The van der Waals surface area contributed by atoms with Crippen molar-refractivity contribution in [3.8, 4) is 5.75 Å². The fraction of sp³-hybridized carbons (Fsp3) is 0.417. The summed E-state index contributed by atoms with van der Waals surface area (Å²) in [7, 11) is 0.301. The molecule has 0 bridgehead atoms. The van der Waals surface area contributed by atoms with Crippen LogP contribution in [0.15, 0.2) is 24.3 Å². The monoisotopic (exact) mass is 288 g/mol. The van der Waals surface area contributed by atoms with E-state index in [0.29, 0.717) is 11.3 Å². The van der Waals surface area contributed by atoms with E-state index in [2.05, 4.69) is 0 Å². The summed E-state index contributed by atoms with van der Waals surface area (Å²) < 4.78 is 32.5. The molecule has 106 valence electrons. The van der Waals surface area contributed by atoms with E-state index in [-0.39, 0.29) is 0 Å². The van der Waals surface area contributed by atoms with Crippen molar-refractivity contribution in [1.82, 2.24) is 0 Å². The first-order chi connectivity index (χ1) is 8.98. The van der Waals surface area contributed by atoms with E-state index >= 15 is 0 Å². The van der Waals surface area contributed by atoms with Crippen LogP contribution in [-0.2, 0) is 23.1 Å². The Kier molecular flexibility index (Phi) is 5.54. The van der Waals surface area contributed by atoms with Crippen LogP contribution >= 0.6 is 7.60 Å². The van der Waals surface area contributed by atoms with Crippen molar-refractivity contribution in [1.29, 1.82) is 0 Å². The van der Waals surface area contributed by atoms with Crippen LogP contribution in [-0.4, -0.2) is 27.3 Å². The van der Waals surface area contributed by atoms with E-state index in [0.717, 1.165) is 0 Å². The van der Waals surface area contributed by atoms with Gasteiger partial charge in [-0.25, -0.2) is 0 Å². The van der Waals surface area contributed by atoms with Gasteiger partial charge in [0.25, 0.3) is 0 Å². The smallest absolute Gasteiger partial charge is 0.375 e. The zero-order chi connectivity index (χ0) is 14.5. The molecule has 1 aromatic carbocycles. The quantitative estimate of drug-likeness (QED) is 0.592. The second-order valence-corrected chi connectivity index (χ2v) is 5.89. The van der Waals surface area contributed by atoms with Gasteiger partial charge in [-0.1, -0.05) is 18.2 Å². The first-order valence-electron chi connectivity index (χ1n) is 5.49. The van der Waals surface area contributed by atoms with Gasteiger partial charge in [0.1, 0.15) is 5.75 Å². The highest BCUT2D eigenvalue weighted by atomic mass is 31.2. The molecule has 0 saturated heterocycles. The number of rotatable bonds is 6. The Bertz CT molecular complexity index is 479. The lowest BCUT2D eigenvalue weighted by Crippen LogP contribution is -2.12. The molecule has 1 rings (SSSR count). The summed E-state index contributed by atoms with van der Waals surface area (Å²) in [5, 5.41) is 0. The maximum Gasteiger partial charge on any atom is 0.375 e. The minimum atomic E-state index is -3.63. The molecular weight excluding hydrogens is 271 g/mol. The third kappa shape index (κ3) is 3.56. The van der Waals surface area contributed by atoms with E-state index in [4.69, 9.17) is 18.5 Å². The number of hydrogen-bond donors (Lipinski definition) is 0. The Balaban J connectivity index is 3.31. The summed E-state index contributed by atoms with van der Waals surface area (Å²) in [6, 6.07) is 6.76. The van der Waals surface area contributed by atoms with Gasteiger partial charge >= 0.3 is 13.6 Å². The SMILES string of the molecule is COc1ccccc1[C@H](OC(C)=O)P(=O)(OC)OC. The predicted octanol–water partition coefficient (Wildman–Crippen LogP) is 2.74. The third-order valence-electron chi connectivity index (χ3n) is 2.48. The normalized spacial score (nSPS) is 12.8. The Hall–Kier alpha value is -1.36. The van der Waals surface area contributed by atoms with Crippen LogP contribution in [0.1, 0.15) is 18.3 Å². The molecule has 0 aliphatic heterocycles. The van der Waals surface area contributed by atoms with Crippen LogP contribution in [0.5, 0.6) is 5.75 Å². The molecule has 0 aliphatic rings. The molecule has 1 atom stereocenters. The summed E-state index contributed by atoms with van der Waals surface area (Å²) in [6.07, 6.45) is 0. The topological polar surface area (TPSA) is 71.1 Å². The molecule has 19 heavy (non-hydrogen) atoms. The van der Waals surface area contributed by atoms with Crippen LogP contribution in [0, 0.1) is 0 Å². The molecule has 0 unspecified atom stereocenters. The van der Waals surface area contributed by atoms with Gasteiger partial charge in [0.15, 0.2) is 0 Å². The molecule has 0 radical (unpaired) electrons. The third-order valence-corrected chi connectivity index (χ3v) is 4.45. The molecule has 0 spiro atoms. The number of para-hydroxylation sites is 1. The van der Waals surface area contributed by atoms with Crippen LogP contribution in [0.4, 0.5) is 0 Å². The van der Waals surface area contributed by atoms with Gasteiger partial charge in [-0.15, -0.1) is 0 Å². The minimum absolute atomic E-state index is 0.423. The second-order valence-electron chi connectivity index (χ2n) is 3.61. The Labute approximate surface area is 112 Å². The molecule has 0 aliphatic carbocycles. The first-order valence-corrected chi connectivity index (χ1v) is 7.11. The van der Waals surface area contributed by atoms with Crippen molar-refractivity contribution in [2.45, 2.75) is 12.8 Å². The van der Waals surface area contributed by atoms with Gasteiger partial charge in [0.05, 0.1) is 7.11 Å². The number of methoxy groups -OCH3 is 1. The number of hydrogen-bond acceptors (Lipinski definition) is 6. The minimum Gasteiger partial charge on any atom is -0.496 e. The molecule has 0 N–H and O–H groups in total. The molecule has 1 aromatic rings. The van der Waals surface area contributed by atoms with E-state index in [1.165, 1.54) is 28.3 Å². The van der Waals surface area contributed by atoms with Gasteiger partial charge in [0.2, 0.25) is 5.85 Å². The van der Waals surface area contributed by atoms with Gasteiger partial charge in [-0.05, 0) is 6.07 Å². The largest absolute Gasteiger partial charge is 0.496 e. The van der Waals surface area contributed by atoms with Gasteiger partial charge in [-0.2, -0.15) is 0 Å². The molecular formula is C12H17O6P. The summed E-state index contributed by atoms with van der Waals surface area (Å²) in [5.74, 6) is -1.33. The fourth-order valence-electron chi connectivity index (χ4n) is 1.59. The summed E-state index contributed by atoms with van der Waals surface area (Å²) in [5.41, 5.74) is 0.423. The highest BCUT2D eigenvalue weighted by Crippen LogP contribution is 2.61. The highest BCUT2D eigenvalue weighted by molar-refractivity contribution is 7.54. The van der Waals surface area contributed by atoms with Gasteiger partial charge < -0.3 is 18.5 Å². The average Bonchev–Trinajstić information content (AvgIpc) is 2.43. The van der Waals surface area contributed by atoms with E-state index in [1.807, 2.05) is 0 Å². The average molecular weight is 288 g/mol. The Morgan fingerprint density at radius 2 is 1.74 bits per heavy atom. The van der Waals surface area contributed by atoms with Crippen molar-refractivity contribution < 1.29 is 27.9 Å². The molecule has 6 nitrogen and oxygen atoms in total. The van der Waals surface area contributed by atoms with E-state index in [9.17, 15) is 9.36 Å². The van der Waals surface area contributed by atoms with E-state index < -0.39 is 19.4 Å². The van der Waals surface area contributed by atoms with Crippen LogP contribution in [0.2, 0.25) is 0 Å². The van der Waals surface area contributed by atoms with Crippen molar-refractivity contribution in [3.63, 3.8) is 0 Å². The number of benzene rings is 1. The van der Waals surface area contributed by atoms with Crippen molar-refractivity contribution >= 4 is 13.6 Å². The second kappa shape index (κ2) is 6.70. The summed E-state index contributed by atoms with van der Waals surface area (Å²) in [4.78, 5) is 11.2. The molecule has 0 amide bonds. The zero-order valence-electron chi connectivity index (χ0n) is 11.3. The number of esters is 1. The Morgan fingerprint density at radius 1 is 1.16 bits per heavy atom. The fourth-order valence-corrected chi connectivity index (χ4v) is 2.96. The predicted molar refractivity (Wildman–Crippen MR) is 69.1 cm³/mol. The zero-order valence-corrected chi connectivity index (χ0v) is 12.2. The van der Waals surface area contributed by atoms with Crippen LogP contribution in [0.25, 0.3) is 0 Å². The lowest BCUT2D eigenvalue weighted by atomic mass is 10.2. The standard InChI is InChI=1S/C12H17O6P/c1-9(13)18-12(19(14,16-3)17-4)10-7-5-6-8-11(10)15-2/h5-8,12H,1-4H3/t12-/m1/s1.